The molecular formula is C10H14N6OS. The van der Waals surface area contributed by atoms with Crippen molar-refractivity contribution in [1.29, 1.82) is 0 Å². The van der Waals surface area contributed by atoms with Gasteiger partial charge in [0.25, 0.3) is 0 Å². The van der Waals surface area contributed by atoms with Gasteiger partial charge in [-0.3, -0.25) is 10.00 Å². The van der Waals surface area contributed by atoms with E-state index in [1.165, 1.54) is 11.3 Å². The fraction of sp³-hybridized carbons (Fsp3) is 0.400. The number of hydrogen-bond acceptors (Lipinski definition) is 5. The maximum atomic E-state index is 11.6. The molecule has 0 spiro atoms. The maximum absolute atomic E-state index is 11.6. The number of carbonyl (C=O) groups is 1. The zero-order valence-electron chi connectivity index (χ0n) is 10.1. The van der Waals surface area contributed by atoms with E-state index >= 15 is 0 Å². The lowest BCUT2D eigenvalue weighted by Crippen LogP contribution is -2.38. The Bertz CT molecular complexity index is 508. The second-order valence-corrected chi connectivity index (χ2v) is 5.04. The van der Waals surface area contributed by atoms with Crippen LogP contribution < -0.4 is 10.6 Å². The Morgan fingerprint density at radius 1 is 1.56 bits per heavy atom. The lowest BCUT2D eigenvalue weighted by molar-refractivity contribution is 0.247. The molecule has 1 atom stereocenters. The van der Waals surface area contributed by atoms with Crippen LogP contribution in [0.2, 0.25) is 0 Å². The van der Waals surface area contributed by atoms with E-state index in [4.69, 9.17) is 0 Å². The van der Waals surface area contributed by atoms with Crippen LogP contribution in [0.25, 0.3) is 0 Å². The lowest BCUT2D eigenvalue weighted by atomic mass is 10.3. The molecule has 0 aliphatic rings. The molecular weight excluding hydrogens is 252 g/mol. The quantitative estimate of drug-likeness (QED) is 0.872. The van der Waals surface area contributed by atoms with Gasteiger partial charge in [0.1, 0.15) is 5.01 Å². The number of hydrogen-bond donors (Lipinski definition) is 2. The molecule has 0 unspecified atom stereocenters. The fourth-order valence-corrected chi connectivity index (χ4v) is 2.03. The number of amides is 2. The van der Waals surface area contributed by atoms with Crippen molar-refractivity contribution < 1.29 is 4.79 Å². The van der Waals surface area contributed by atoms with Crippen molar-refractivity contribution in [2.75, 3.05) is 5.32 Å². The predicted molar refractivity (Wildman–Crippen MR) is 68.5 cm³/mol. The number of nitrogens with one attached hydrogen (secondary N) is 2. The second-order valence-electron chi connectivity index (χ2n) is 3.85. The summed E-state index contributed by atoms with van der Waals surface area (Å²) < 4.78 is 1.76. The van der Waals surface area contributed by atoms with E-state index < -0.39 is 0 Å². The molecule has 0 radical (unpaired) electrons. The van der Waals surface area contributed by atoms with Crippen LogP contribution >= 0.6 is 11.3 Å². The first-order valence-corrected chi connectivity index (χ1v) is 6.30. The molecule has 2 rings (SSSR count). The molecule has 18 heavy (non-hydrogen) atoms. The Balaban J connectivity index is 1.80. The Morgan fingerprint density at radius 3 is 3.00 bits per heavy atom. The van der Waals surface area contributed by atoms with Gasteiger partial charge in [-0.15, -0.1) is 10.2 Å². The number of urea groups is 1. The van der Waals surface area contributed by atoms with E-state index in [0.29, 0.717) is 11.7 Å². The van der Waals surface area contributed by atoms with E-state index in [1.54, 1.807) is 10.9 Å². The van der Waals surface area contributed by atoms with Crippen LogP contribution in [0.4, 0.5) is 9.93 Å². The van der Waals surface area contributed by atoms with Gasteiger partial charge in [0.2, 0.25) is 5.13 Å². The molecule has 96 valence electrons. The minimum Gasteiger partial charge on any atom is -0.333 e. The highest BCUT2D eigenvalue weighted by molar-refractivity contribution is 7.15. The summed E-state index contributed by atoms with van der Waals surface area (Å²) in [5, 5.41) is 18.5. The first-order chi connectivity index (χ1) is 8.63. The molecule has 0 bridgehead atoms. The Hall–Kier alpha value is -1.96. The zero-order valence-corrected chi connectivity index (χ0v) is 10.9. The number of rotatable bonds is 4. The van der Waals surface area contributed by atoms with Gasteiger partial charge in [-0.05, 0) is 19.9 Å². The third kappa shape index (κ3) is 3.52. The lowest BCUT2D eigenvalue weighted by Gasteiger charge is -2.13. The molecule has 2 amide bonds. The summed E-state index contributed by atoms with van der Waals surface area (Å²) in [4.78, 5) is 11.6. The van der Waals surface area contributed by atoms with Gasteiger partial charge >= 0.3 is 6.03 Å². The second kappa shape index (κ2) is 5.58. The third-order valence-electron chi connectivity index (χ3n) is 2.14. The van der Waals surface area contributed by atoms with Crippen molar-refractivity contribution in [3.63, 3.8) is 0 Å². The minimum absolute atomic E-state index is 0.0288. The normalized spacial score (nSPS) is 12.1. The number of aryl methyl sites for hydroxylation is 1. The molecule has 0 fully saturated rings. The van der Waals surface area contributed by atoms with Crippen molar-refractivity contribution in [1.82, 2.24) is 25.3 Å². The van der Waals surface area contributed by atoms with Crippen LogP contribution in [-0.2, 0) is 6.54 Å². The van der Waals surface area contributed by atoms with Crippen LogP contribution in [0.15, 0.2) is 18.5 Å². The van der Waals surface area contributed by atoms with Gasteiger partial charge in [0, 0.05) is 18.4 Å². The Morgan fingerprint density at radius 2 is 2.39 bits per heavy atom. The Labute approximate surface area is 108 Å². The number of aromatic nitrogens is 4. The van der Waals surface area contributed by atoms with Crippen LogP contribution in [0.1, 0.15) is 11.9 Å². The highest BCUT2D eigenvalue weighted by Crippen LogP contribution is 2.13. The molecule has 8 heteroatoms. The summed E-state index contributed by atoms with van der Waals surface area (Å²) in [6, 6.07) is 1.53. The third-order valence-corrected chi connectivity index (χ3v) is 2.90. The van der Waals surface area contributed by atoms with Crippen LogP contribution in [0.3, 0.4) is 0 Å². The zero-order chi connectivity index (χ0) is 13.0. The van der Waals surface area contributed by atoms with Crippen LogP contribution in [0, 0.1) is 6.92 Å². The molecule has 2 aromatic rings. The summed E-state index contributed by atoms with van der Waals surface area (Å²) in [6.45, 7) is 4.36. The van der Waals surface area contributed by atoms with E-state index in [1.807, 2.05) is 26.1 Å². The minimum atomic E-state index is -0.286. The van der Waals surface area contributed by atoms with Crippen molar-refractivity contribution in [3.8, 4) is 0 Å². The molecule has 7 nitrogen and oxygen atoms in total. The first-order valence-electron chi connectivity index (χ1n) is 5.48. The van der Waals surface area contributed by atoms with Crippen molar-refractivity contribution in [2.24, 2.45) is 0 Å². The molecule has 0 saturated carbocycles. The number of carbonyl (C=O) groups excluding carboxylic acids is 1. The molecule has 0 aliphatic heterocycles. The number of anilines is 1. The van der Waals surface area contributed by atoms with E-state index in [2.05, 4.69) is 25.9 Å². The van der Waals surface area contributed by atoms with Crippen molar-refractivity contribution in [2.45, 2.75) is 26.4 Å². The van der Waals surface area contributed by atoms with Crippen LogP contribution in [-0.4, -0.2) is 32.1 Å². The maximum Gasteiger partial charge on any atom is 0.321 e. The summed E-state index contributed by atoms with van der Waals surface area (Å²) >= 11 is 1.34. The average molecular weight is 266 g/mol. The SMILES string of the molecule is Cc1nnc(NC(=O)N[C@H](C)Cn2cccn2)s1. The van der Waals surface area contributed by atoms with Crippen molar-refractivity contribution >= 4 is 22.5 Å². The van der Waals surface area contributed by atoms with Gasteiger partial charge in [0.05, 0.1) is 6.54 Å². The van der Waals surface area contributed by atoms with Gasteiger partial charge < -0.3 is 5.32 Å². The summed E-state index contributed by atoms with van der Waals surface area (Å²) in [5.41, 5.74) is 0. The summed E-state index contributed by atoms with van der Waals surface area (Å²) in [5.74, 6) is 0. The highest BCUT2D eigenvalue weighted by atomic mass is 32.1. The highest BCUT2D eigenvalue weighted by Gasteiger charge is 2.10. The molecule has 2 heterocycles. The smallest absolute Gasteiger partial charge is 0.321 e. The van der Waals surface area contributed by atoms with Gasteiger partial charge in [0.15, 0.2) is 0 Å². The summed E-state index contributed by atoms with van der Waals surface area (Å²) in [7, 11) is 0. The Kier molecular flexibility index (Phi) is 3.88. The van der Waals surface area contributed by atoms with E-state index in [9.17, 15) is 4.79 Å². The summed E-state index contributed by atoms with van der Waals surface area (Å²) in [6.07, 6.45) is 3.56. The van der Waals surface area contributed by atoms with E-state index in [-0.39, 0.29) is 12.1 Å². The van der Waals surface area contributed by atoms with Crippen LogP contribution in [0.5, 0.6) is 0 Å². The predicted octanol–water partition coefficient (Wildman–Crippen LogP) is 1.25. The van der Waals surface area contributed by atoms with Gasteiger partial charge in [-0.25, -0.2) is 4.79 Å². The standard InChI is InChI=1S/C10H14N6OS/c1-7(6-16-5-3-4-11-16)12-9(17)13-10-15-14-8(2)18-10/h3-5,7H,6H2,1-2H3,(H2,12,13,15,17)/t7-/m1/s1. The topological polar surface area (TPSA) is 84.7 Å². The number of nitrogens with zero attached hydrogens (tertiary/aromatic N) is 4. The average Bonchev–Trinajstić information content (AvgIpc) is 2.90. The largest absolute Gasteiger partial charge is 0.333 e. The monoisotopic (exact) mass is 266 g/mol. The molecule has 0 aromatic carbocycles. The van der Waals surface area contributed by atoms with Gasteiger partial charge in [-0.2, -0.15) is 5.10 Å². The molecule has 0 aliphatic carbocycles. The van der Waals surface area contributed by atoms with Crippen molar-refractivity contribution in [3.05, 3.63) is 23.5 Å². The molecule has 2 N–H and O–H groups in total. The first kappa shape index (κ1) is 12.5. The fourth-order valence-electron chi connectivity index (χ4n) is 1.44. The van der Waals surface area contributed by atoms with Gasteiger partial charge in [-0.1, -0.05) is 11.3 Å². The molecule has 2 aromatic heterocycles. The molecule has 0 saturated heterocycles. The van der Waals surface area contributed by atoms with E-state index in [0.717, 1.165) is 5.01 Å².